The van der Waals surface area contributed by atoms with Gasteiger partial charge in [0, 0.05) is 5.57 Å². The Labute approximate surface area is 126 Å². The quantitative estimate of drug-likeness (QED) is 0.651. The zero-order valence-electron chi connectivity index (χ0n) is 13.2. The Morgan fingerprint density at radius 2 is 1.81 bits per heavy atom. The molecule has 0 amide bonds. The van der Waals surface area contributed by atoms with Gasteiger partial charge in [0.1, 0.15) is 5.75 Å². The Morgan fingerprint density at radius 3 is 2.38 bits per heavy atom. The van der Waals surface area contributed by atoms with Crippen LogP contribution in [-0.2, 0) is 4.79 Å². The van der Waals surface area contributed by atoms with E-state index < -0.39 is 5.97 Å². The Balaban J connectivity index is 2.97. The molecule has 0 atom stereocenters. The summed E-state index contributed by atoms with van der Waals surface area (Å²) in [5, 5.41) is 8.74. The second-order valence-corrected chi connectivity index (χ2v) is 4.96. The Bertz CT molecular complexity index is 620. The van der Waals surface area contributed by atoms with Gasteiger partial charge in [-0.2, -0.15) is 0 Å². The van der Waals surface area contributed by atoms with Gasteiger partial charge in [-0.3, -0.25) is 0 Å². The number of benzene rings is 1. The van der Waals surface area contributed by atoms with E-state index in [0.717, 1.165) is 22.4 Å². The number of carboxylic acid groups (broad SMARTS) is 1. The molecule has 21 heavy (non-hydrogen) atoms. The van der Waals surface area contributed by atoms with E-state index in [1.54, 1.807) is 26.2 Å². The van der Waals surface area contributed by atoms with Crippen molar-refractivity contribution >= 4 is 12.0 Å². The Kier molecular flexibility index (Phi) is 5.97. The molecule has 0 spiro atoms. The van der Waals surface area contributed by atoms with Crippen LogP contribution in [0.5, 0.6) is 5.75 Å². The largest absolute Gasteiger partial charge is 0.496 e. The molecule has 0 heterocycles. The van der Waals surface area contributed by atoms with Gasteiger partial charge in [-0.1, -0.05) is 30.4 Å². The van der Waals surface area contributed by atoms with Crippen LogP contribution in [0.1, 0.15) is 29.2 Å². The van der Waals surface area contributed by atoms with Crippen LogP contribution in [-0.4, -0.2) is 18.2 Å². The van der Waals surface area contributed by atoms with Gasteiger partial charge in [0.05, 0.1) is 7.11 Å². The third-order valence-corrected chi connectivity index (χ3v) is 3.50. The minimum absolute atomic E-state index is 0.312. The van der Waals surface area contributed by atoms with Gasteiger partial charge in [0.25, 0.3) is 0 Å². The highest BCUT2D eigenvalue weighted by atomic mass is 16.5. The molecule has 0 aliphatic carbocycles. The predicted molar refractivity (Wildman–Crippen MR) is 86.8 cm³/mol. The van der Waals surface area contributed by atoms with Crippen molar-refractivity contribution in [2.24, 2.45) is 0 Å². The first kappa shape index (κ1) is 16.8. The van der Waals surface area contributed by atoms with Crippen molar-refractivity contribution in [3.63, 3.8) is 0 Å². The first-order valence-electron chi connectivity index (χ1n) is 6.78. The van der Waals surface area contributed by atoms with Crippen LogP contribution in [0.3, 0.4) is 0 Å². The number of allylic oxidation sites excluding steroid dienone is 4. The first-order chi connectivity index (χ1) is 9.88. The van der Waals surface area contributed by atoms with Crippen molar-refractivity contribution < 1.29 is 14.6 Å². The number of rotatable bonds is 5. The molecule has 112 valence electrons. The first-order valence-corrected chi connectivity index (χ1v) is 6.78. The van der Waals surface area contributed by atoms with E-state index in [4.69, 9.17) is 9.84 Å². The summed E-state index contributed by atoms with van der Waals surface area (Å²) in [6, 6.07) is 2.03. The molecule has 0 saturated carbocycles. The monoisotopic (exact) mass is 286 g/mol. The number of ether oxygens (including phenoxy) is 1. The minimum Gasteiger partial charge on any atom is -0.496 e. The third kappa shape index (κ3) is 4.35. The maximum Gasteiger partial charge on any atom is 0.331 e. The van der Waals surface area contributed by atoms with Crippen LogP contribution in [0.2, 0.25) is 0 Å². The van der Waals surface area contributed by atoms with Crippen LogP contribution in [0.4, 0.5) is 0 Å². The van der Waals surface area contributed by atoms with E-state index in [1.165, 1.54) is 5.56 Å². The molecule has 1 aromatic carbocycles. The topological polar surface area (TPSA) is 46.5 Å². The van der Waals surface area contributed by atoms with Crippen LogP contribution in [0.25, 0.3) is 6.08 Å². The summed E-state index contributed by atoms with van der Waals surface area (Å²) in [4.78, 5) is 10.6. The summed E-state index contributed by atoms with van der Waals surface area (Å²) < 4.78 is 5.35. The molecule has 0 radical (unpaired) electrons. The molecule has 0 saturated heterocycles. The molecule has 0 aliphatic rings. The van der Waals surface area contributed by atoms with Crippen LogP contribution in [0, 0.1) is 20.8 Å². The van der Waals surface area contributed by atoms with Gasteiger partial charge in [-0.05, 0) is 56.0 Å². The summed E-state index contributed by atoms with van der Waals surface area (Å²) in [6.45, 7) is 7.73. The highest BCUT2D eigenvalue weighted by Gasteiger charge is 2.07. The molecule has 1 N–H and O–H groups in total. The van der Waals surface area contributed by atoms with Crippen molar-refractivity contribution in [2.75, 3.05) is 7.11 Å². The number of carboxylic acids is 1. The smallest absolute Gasteiger partial charge is 0.331 e. The molecule has 0 fully saturated rings. The lowest BCUT2D eigenvalue weighted by Crippen LogP contribution is -1.95. The number of carbonyl (C=O) groups is 1. The van der Waals surface area contributed by atoms with Crippen LogP contribution >= 0.6 is 0 Å². The van der Waals surface area contributed by atoms with Crippen molar-refractivity contribution in [3.8, 4) is 5.75 Å². The zero-order chi connectivity index (χ0) is 16.0. The highest BCUT2D eigenvalue weighted by molar-refractivity contribution is 5.86. The average Bonchev–Trinajstić information content (AvgIpc) is 2.45. The van der Waals surface area contributed by atoms with Gasteiger partial charge < -0.3 is 9.84 Å². The van der Waals surface area contributed by atoms with Crippen LogP contribution < -0.4 is 4.74 Å². The maximum absolute atomic E-state index is 10.6. The van der Waals surface area contributed by atoms with Crippen LogP contribution in [0.15, 0.2) is 35.9 Å². The van der Waals surface area contributed by atoms with Crippen molar-refractivity contribution in [1.82, 2.24) is 0 Å². The number of hydrogen-bond donors (Lipinski definition) is 1. The Hall–Kier alpha value is -2.29. The molecule has 1 rings (SSSR count). The fraction of sp³-hybridized carbons (Fsp3) is 0.278. The predicted octanol–water partition coefficient (Wildman–Crippen LogP) is 4.22. The van der Waals surface area contributed by atoms with Gasteiger partial charge in [0.2, 0.25) is 0 Å². The maximum atomic E-state index is 10.6. The fourth-order valence-corrected chi connectivity index (χ4v) is 2.02. The molecule has 0 bridgehead atoms. The van der Waals surface area contributed by atoms with E-state index in [1.807, 2.05) is 38.1 Å². The van der Waals surface area contributed by atoms with E-state index in [0.29, 0.717) is 5.57 Å². The fourth-order valence-electron chi connectivity index (χ4n) is 2.02. The molecule has 3 heteroatoms. The summed E-state index contributed by atoms with van der Waals surface area (Å²) in [5.41, 5.74) is 4.95. The highest BCUT2D eigenvalue weighted by Crippen LogP contribution is 2.28. The number of aryl methyl sites for hydroxylation is 1. The average molecular weight is 286 g/mol. The van der Waals surface area contributed by atoms with Gasteiger partial charge in [0.15, 0.2) is 0 Å². The van der Waals surface area contributed by atoms with E-state index >= 15 is 0 Å². The van der Waals surface area contributed by atoms with Crippen molar-refractivity contribution in [3.05, 3.63) is 58.2 Å². The van der Waals surface area contributed by atoms with Gasteiger partial charge in [-0.25, -0.2) is 4.79 Å². The second kappa shape index (κ2) is 7.48. The second-order valence-electron chi connectivity index (χ2n) is 4.96. The lowest BCUT2D eigenvalue weighted by Gasteiger charge is -2.13. The standard InChI is InChI=1S/C18H22O3/c1-12(18(19)20)9-7-6-8-10-16-13(2)11-17(21-5)15(4)14(16)3/h6-11H,1-5H3,(H,19,20). The van der Waals surface area contributed by atoms with Gasteiger partial charge in [-0.15, -0.1) is 0 Å². The SMILES string of the molecule is COc1cc(C)c(C=CC=CC=C(C)C(=O)O)c(C)c1C. The lowest BCUT2D eigenvalue weighted by molar-refractivity contribution is -0.132. The molecule has 1 aromatic rings. The zero-order valence-corrected chi connectivity index (χ0v) is 13.2. The van der Waals surface area contributed by atoms with E-state index in [-0.39, 0.29) is 0 Å². The summed E-state index contributed by atoms with van der Waals surface area (Å²) >= 11 is 0. The van der Waals surface area contributed by atoms with E-state index in [2.05, 4.69) is 6.92 Å². The summed E-state index contributed by atoms with van der Waals surface area (Å²) in [6.07, 6.45) is 9.06. The number of hydrogen-bond acceptors (Lipinski definition) is 2. The molecule has 0 unspecified atom stereocenters. The molecule has 0 aliphatic heterocycles. The molecular weight excluding hydrogens is 264 g/mol. The summed E-state index contributed by atoms with van der Waals surface area (Å²) in [7, 11) is 1.68. The Morgan fingerprint density at radius 1 is 1.14 bits per heavy atom. The summed E-state index contributed by atoms with van der Waals surface area (Å²) in [5.74, 6) is -0.00111. The molecule has 3 nitrogen and oxygen atoms in total. The van der Waals surface area contributed by atoms with E-state index in [9.17, 15) is 4.79 Å². The molecular formula is C18H22O3. The lowest BCUT2D eigenvalue weighted by atomic mass is 9.97. The van der Waals surface area contributed by atoms with Crippen molar-refractivity contribution in [2.45, 2.75) is 27.7 Å². The normalized spacial score (nSPS) is 12.3. The van der Waals surface area contributed by atoms with Gasteiger partial charge >= 0.3 is 5.97 Å². The third-order valence-electron chi connectivity index (χ3n) is 3.50. The number of methoxy groups -OCH3 is 1. The molecule has 0 aromatic heterocycles. The minimum atomic E-state index is -0.902. The van der Waals surface area contributed by atoms with Crippen molar-refractivity contribution in [1.29, 1.82) is 0 Å². The number of aliphatic carboxylic acids is 1.